The highest BCUT2D eigenvalue weighted by atomic mass is 19.1. The summed E-state index contributed by atoms with van der Waals surface area (Å²) < 4.78 is 18.5. The molecule has 5 nitrogen and oxygen atoms in total. The smallest absolute Gasteiger partial charge is 0.294 e. The highest BCUT2D eigenvalue weighted by Gasteiger charge is 2.21. The van der Waals surface area contributed by atoms with Crippen LogP contribution < -0.4 is 4.90 Å². The van der Waals surface area contributed by atoms with Crippen LogP contribution >= 0.6 is 0 Å². The first-order valence-corrected chi connectivity index (χ1v) is 9.90. The van der Waals surface area contributed by atoms with Gasteiger partial charge in [0.1, 0.15) is 5.82 Å². The van der Waals surface area contributed by atoms with Gasteiger partial charge in [-0.15, -0.1) is 0 Å². The predicted octanol–water partition coefficient (Wildman–Crippen LogP) is 4.68. The van der Waals surface area contributed by atoms with E-state index in [1.165, 1.54) is 18.4 Å². The van der Waals surface area contributed by atoms with Gasteiger partial charge in [0, 0.05) is 19.3 Å². The molecule has 0 saturated heterocycles. The van der Waals surface area contributed by atoms with Gasteiger partial charge < -0.3 is 14.2 Å². The zero-order valence-electron chi connectivity index (χ0n) is 17.2. The lowest BCUT2D eigenvalue weighted by molar-refractivity contribution is -0.129. The van der Waals surface area contributed by atoms with Crippen LogP contribution in [0, 0.1) is 5.82 Å². The molecule has 0 fully saturated rings. The number of anilines is 1. The summed E-state index contributed by atoms with van der Waals surface area (Å²) in [6.45, 7) is 3.02. The molecule has 0 saturated carbocycles. The number of halogens is 1. The molecule has 30 heavy (non-hydrogen) atoms. The number of furan rings is 1. The average Bonchev–Trinajstić information content (AvgIpc) is 3.29. The average molecular weight is 408 g/mol. The maximum atomic E-state index is 13.3. The molecule has 0 radical (unpaired) electrons. The summed E-state index contributed by atoms with van der Waals surface area (Å²) in [6.07, 6.45) is 2.67. The monoisotopic (exact) mass is 408 g/mol. The van der Waals surface area contributed by atoms with Crippen molar-refractivity contribution in [3.63, 3.8) is 0 Å². The van der Waals surface area contributed by atoms with Gasteiger partial charge in [-0.25, -0.2) is 4.39 Å². The van der Waals surface area contributed by atoms with E-state index in [9.17, 15) is 14.0 Å². The van der Waals surface area contributed by atoms with Gasteiger partial charge in [-0.05, 0) is 53.9 Å². The Labute approximate surface area is 175 Å². The van der Waals surface area contributed by atoms with Crippen molar-refractivity contribution in [1.82, 2.24) is 4.90 Å². The fourth-order valence-electron chi connectivity index (χ4n) is 3.15. The molecule has 3 aromatic rings. The van der Waals surface area contributed by atoms with Crippen LogP contribution in [0.5, 0.6) is 0 Å². The van der Waals surface area contributed by atoms with E-state index in [1.54, 1.807) is 41.1 Å². The van der Waals surface area contributed by atoms with Crippen LogP contribution in [0.3, 0.4) is 0 Å². The fraction of sp³-hybridized carbons (Fsp3) is 0.250. The predicted molar refractivity (Wildman–Crippen MR) is 114 cm³/mol. The first-order valence-electron chi connectivity index (χ1n) is 9.90. The van der Waals surface area contributed by atoms with Crippen LogP contribution in [0.4, 0.5) is 10.1 Å². The zero-order chi connectivity index (χ0) is 21.5. The third kappa shape index (κ3) is 5.35. The molecule has 0 aliphatic heterocycles. The first kappa shape index (κ1) is 21.3. The van der Waals surface area contributed by atoms with Crippen LogP contribution in [0.15, 0.2) is 71.3 Å². The van der Waals surface area contributed by atoms with Crippen LogP contribution in [0.25, 0.3) is 0 Å². The van der Waals surface area contributed by atoms with E-state index in [0.29, 0.717) is 12.1 Å². The lowest BCUT2D eigenvalue weighted by Gasteiger charge is -2.22. The zero-order valence-corrected chi connectivity index (χ0v) is 17.2. The Kier molecular flexibility index (Phi) is 7.01. The standard InChI is InChI=1S/C24H25FN2O3/c1-3-14-26(2)23(28)16-18-8-12-21(13-9-18)27(24(29)22-5-4-15-30-22)17-19-6-10-20(25)11-7-19/h4-13,15H,3,14,16-17H2,1-2H3. The molecule has 0 bridgehead atoms. The van der Waals surface area contributed by atoms with Crippen molar-refractivity contribution in [2.45, 2.75) is 26.3 Å². The van der Waals surface area contributed by atoms with E-state index in [-0.39, 0.29) is 29.9 Å². The van der Waals surface area contributed by atoms with E-state index in [4.69, 9.17) is 4.42 Å². The van der Waals surface area contributed by atoms with Crippen molar-refractivity contribution in [3.8, 4) is 0 Å². The van der Waals surface area contributed by atoms with Gasteiger partial charge in [0.05, 0.1) is 19.2 Å². The highest BCUT2D eigenvalue weighted by molar-refractivity contribution is 6.04. The summed E-state index contributed by atoms with van der Waals surface area (Å²) in [5.41, 5.74) is 2.33. The van der Waals surface area contributed by atoms with Crippen molar-refractivity contribution >= 4 is 17.5 Å². The number of carbonyl (C=O) groups is 2. The van der Waals surface area contributed by atoms with Gasteiger partial charge in [0.2, 0.25) is 5.91 Å². The molecular formula is C24H25FN2O3. The molecule has 1 aromatic heterocycles. The summed E-state index contributed by atoms with van der Waals surface area (Å²) in [4.78, 5) is 28.6. The molecule has 2 amide bonds. The largest absolute Gasteiger partial charge is 0.459 e. The maximum Gasteiger partial charge on any atom is 0.294 e. The molecule has 0 aliphatic carbocycles. The molecular weight excluding hydrogens is 383 g/mol. The lowest BCUT2D eigenvalue weighted by atomic mass is 10.1. The number of rotatable bonds is 8. The number of amides is 2. The molecule has 1 heterocycles. The quantitative estimate of drug-likeness (QED) is 0.544. The van der Waals surface area contributed by atoms with Gasteiger partial charge in [0.15, 0.2) is 5.76 Å². The summed E-state index contributed by atoms with van der Waals surface area (Å²) in [6, 6.07) is 16.6. The second kappa shape index (κ2) is 9.87. The maximum absolute atomic E-state index is 13.3. The Bertz CT molecular complexity index is 967. The number of hydrogen-bond acceptors (Lipinski definition) is 3. The van der Waals surface area contributed by atoms with Crippen molar-refractivity contribution in [2.75, 3.05) is 18.5 Å². The number of likely N-dealkylation sites (N-methyl/N-ethyl adjacent to an activating group) is 1. The van der Waals surface area contributed by atoms with Crippen LogP contribution in [-0.2, 0) is 17.8 Å². The van der Waals surface area contributed by atoms with E-state index in [1.807, 2.05) is 31.2 Å². The summed E-state index contributed by atoms with van der Waals surface area (Å²) in [5, 5.41) is 0. The third-order valence-electron chi connectivity index (χ3n) is 4.82. The first-order chi connectivity index (χ1) is 14.5. The van der Waals surface area contributed by atoms with Crippen LogP contribution in [0.2, 0.25) is 0 Å². The normalized spacial score (nSPS) is 10.6. The van der Waals surface area contributed by atoms with Crippen molar-refractivity contribution < 1.29 is 18.4 Å². The Morgan fingerprint density at radius 3 is 2.23 bits per heavy atom. The number of hydrogen-bond donors (Lipinski definition) is 0. The van der Waals surface area contributed by atoms with Gasteiger partial charge in [-0.2, -0.15) is 0 Å². The summed E-state index contributed by atoms with van der Waals surface area (Å²) >= 11 is 0. The molecule has 3 rings (SSSR count). The van der Waals surface area contributed by atoms with E-state index in [2.05, 4.69) is 0 Å². The third-order valence-corrected chi connectivity index (χ3v) is 4.82. The minimum Gasteiger partial charge on any atom is -0.459 e. The van der Waals surface area contributed by atoms with Gasteiger partial charge >= 0.3 is 0 Å². The molecule has 0 aliphatic rings. The number of nitrogens with zero attached hydrogens (tertiary/aromatic N) is 2. The minimum absolute atomic E-state index is 0.0550. The van der Waals surface area contributed by atoms with E-state index < -0.39 is 0 Å². The minimum atomic E-state index is -0.329. The van der Waals surface area contributed by atoms with Gasteiger partial charge in [-0.3, -0.25) is 9.59 Å². The van der Waals surface area contributed by atoms with Crippen molar-refractivity contribution in [3.05, 3.63) is 89.6 Å². The van der Waals surface area contributed by atoms with E-state index in [0.717, 1.165) is 24.1 Å². The van der Waals surface area contributed by atoms with Gasteiger partial charge in [0.25, 0.3) is 5.91 Å². The summed E-state index contributed by atoms with van der Waals surface area (Å²) in [5.74, 6) is -0.350. The fourth-order valence-corrected chi connectivity index (χ4v) is 3.15. The molecule has 0 N–H and O–H groups in total. The molecule has 0 unspecified atom stereocenters. The highest BCUT2D eigenvalue weighted by Crippen LogP contribution is 2.22. The number of benzene rings is 2. The SMILES string of the molecule is CCCN(C)C(=O)Cc1ccc(N(Cc2ccc(F)cc2)C(=O)c2ccco2)cc1. The Balaban J connectivity index is 1.81. The molecule has 6 heteroatoms. The van der Waals surface area contributed by atoms with Crippen LogP contribution in [0.1, 0.15) is 35.0 Å². The lowest BCUT2D eigenvalue weighted by Crippen LogP contribution is -2.30. The van der Waals surface area contributed by atoms with Crippen molar-refractivity contribution in [2.24, 2.45) is 0 Å². The molecule has 2 aromatic carbocycles. The van der Waals surface area contributed by atoms with E-state index >= 15 is 0 Å². The molecule has 0 atom stereocenters. The topological polar surface area (TPSA) is 53.8 Å². The second-order valence-electron chi connectivity index (χ2n) is 7.15. The van der Waals surface area contributed by atoms with Crippen LogP contribution in [-0.4, -0.2) is 30.3 Å². The second-order valence-corrected chi connectivity index (χ2v) is 7.15. The Morgan fingerprint density at radius 1 is 0.967 bits per heavy atom. The Hall–Kier alpha value is -3.41. The summed E-state index contributed by atoms with van der Waals surface area (Å²) in [7, 11) is 1.80. The van der Waals surface area contributed by atoms with Crippen molar-refractivity contribution in [1.29, 1.82) is 0 Å². The molecule has 156 valence electrons. The molecule has 0 spiro atoms. The van der Waals surface area contributed by atoms with Gasteiger partial charge in [-0.1, -0.05) is 31.2 Å². The Morgan fingerprint density at radius 2 is 1.63 bits per heavy atom. The number of carbonyl (C=O) groups excluding carboxylic acids is 2.